The number of nitrogens with zero attached hydrogens (tertiary/aromatic N) is 2. The Labute approximate surface area is 106 Å². The van der Waals surface area contributed by atoms with Crippen LogP contribution in [0.1, 0.15) is 26.8 Å². The topological polar surface area (TPSA) is 108 Å². The first-order chi connectivity index (χ1) is 8.97. The summed E-state index contributed by atoms with van der Waals surface area (Å²) < 4.78 is 13.5. The summed E-state index contributed by atoms with van der Waals surface area (Å²) in [6, 6.07) is 3.08. The molecule has 0 unspecified atom stereocenters. The molecule has 0 fully saturated rings. The largest absolute Gasteiger partial charge is 0.478 e. The van der Waals surface area contributed by atoms with Crippen molar-refractivity contribution in [2.75, 3.05) is 5.32 Å². The summed E-state index contributed by atoms with van der Waals surface area (Å²) in [5.74, 6) is -2.41. The third-order valence-electron chi connectivity index (χ3n) is 2.26. The maximum absolute atomic E-state index is 13.5. The van der Waals surface area contributed by atoms with E-state index >= 15 is 0 Å². The first-order valence-electron chi connectivity index (χ1n) is 5.20. The number of H-pyrrole nitrogens is 1. The zero-order chi connectivity index (χ0) is 14.0. The fourth-order valence-corrected chi connectivity index (χ4v) is 1.38. The number of anilines is 1. The van der Waals surface area contributed by atoms with Crippen LogP contribution < -0.4 is 5.32 Å². The Balaban J connectivity index is 2.25. The number of aromatic nitrogens is 3. The van der Waals surface area contributed by atoms with Crippen molar-refractivity contribution in [1.82, 2.24) is 15.2 Å². The van der Waals surface area contributed by atoms with E-state index in [0.717, 1.165) is 18.2 Å². The van der Waals surface area contributed by atoms with Gasteiger partial charge in [0.1, 0.15) is 11.6 Å². The molecule has 2 rings (SSSR count). The average Bonchev–Trinajstić information content (AvgIpc) is 2.78. The van der Waals surface area contributed by atoms with Crippen molar-refractivity contribution in [3.8, 4) is 0 Å². The number of nitrogens with one attached hydrogen (secondary N) is 2. The Morgan fingerprint density at radius 1 is 1.42 bits per heavy atom. The highest BCUT2D eigenvalue weighted by atomic mass is 19.1. The number of aromatic carboxylic acids is 1. The molecule has 0 saturated heterocycles. The molecule has 0 bridgehead atoms. The van der Waals surface area contributed by atoms with Crippen LogP contribution in [0.5, 0.6) is 0 Å². The second-order valence-corrected chi connectivity index (χ2v) is 3.70. The van der Waals surface area contributed by atoms with Gasteiger partial charge in [-0.25, -0.2) is 14.2 Å². The molecule has 1 amide bonds. The minimum atomic E-state index is -1.22. The number of carboxylic acid groups (broad SMARTS) is 1. The van der Waals surface area contributed by atoms with E-state index in [-0.39, 0.29) is 17.1 Å². The zero-order valence-electron chi connectivity index (χ0n) is 9.77. The molecule has 0 aliphatic rings. The molecule has 0 saturated carbocycles. The molecule has 0 spiro atoms. The molecule has 3 N–H and O–H groups in total. The third kappa shape index (κ3) is 2.73. The highest BCUT2D eigenvalue weighted by Gasteiger charge is 2.15. The van der Waals surface area contributed by atoms with Crippen molar-refractivity contribution in [2.24, 2.45) is 0 Å². The molecule has 1 heterocycles. The van der Waals surface area contributed by atoms with Crippen LogP contribution in [0, 0.1) is 12.7 Å². The lowest BCUT2D eigenvalue weighted by molar-refractivity contribution is 0.0696. The van der Waals surface area contributed by atoms with Crippen molar-refractivity contribution in [3.05, 3.63) is 41.2 Å². The quantitative estimate of drug-likeness (QED) is 0.772. The summed E-state index contributed by atoms with van der Waals surface area (Å²) in [5, 5.41) is 17.1. The summed E-state index contributed by atoms with van der Waals surface area (Å²) >= 11 is 0. The van der Waals surface area contributed by atoms with Gasteiger partial charge in [0.2, 0.25) is 5.82 Å². The molecule has 0 radical (unpaired) electrons. The van der Waals surface area contributed by atoms with Gasteiger partial charge < -0.3 is 10.4 Å². The number of benzene rings is 1. The van der Waals surface area contributed by atoms with E-state index in [1.165, 1.54) is 0 Å². The maximum Gasteiger partial charge on any atom is 0.335 e. The van der Waals surface area contributed by atoms with Crippen LogP contribution >= 0.6 is 0 Å². The molecule has 8 heteroatoms. The van der Waals surface area contributed by atoms with Crippen molar-refractivity contribution in [2.45, 2.75) is 6.92 Å². The predicted octanol–water partition coefficient (Wildman–Crippen LogP) is 1.20. The molecule has 19 heavy (non-hydrogen) atoms. The molecule has 0 atom stereocenters. The van der Waals surface area contributed by atoms with Crippen LogP contribution in [0.15, 0.2) is 18.2 Å². The van der Waals surface area contributed by atoms with Gasteiger partial charge in [-0.15, -0.1) is 5.10 Å². The Morgan fingerprint density at radius 3 is 2.74 bits per heavy atom. The predicted molar refractivity (Wildman–Crippen MR) is 62.4 cm³/mol. The number of hydrogen-bond acceptors (Lipinski definition) is 4. The zero-order valence-corrected chi connectivity index (χ0v) is 9.77. The fraction of sp³-hybridized carbons (Fsp3) is 0.0909. The van der Waals surface area contributed by atoms with Crippen LogP contribution in [-0.2, 0) is 0 Å². The van der Waals surface area contributed by atoms with Gasteiger partial charge in [0.25, 0.3) is 5.91 Å². The van der Waals surface area contributed by atoms with Crippen LogP contribution in [0.4, 0.5) is 10.1 Å². The summed E-state index contributed by atoms with van der Waals surface area (Å²) in [7, 11) is 0. The molecule has 98 valence electrons. The second kappa shape index (κ2) is 4.84. The molecule has 2 aromatic rings. The minimum absolute atomic E-state index is 0.136. The first kappa shape index (κ1) is 12.7. The molecular formula is C11H9FN4O3. The lowest BCUT2D eigenvalue weighted by Gasteiger charge is -2.05. The van der Waals surface area contributed by atoms with Crippen LogP contribution in [0.2, 0.25) is 0 Å². The number of aryl methyl sites for hydroxylation is 1. The molecule has 7 nitrogen and oxygen atoms in total. The normalized spacial score (nSPS) is 10.2. The van der Waals surface area contributed by atoms with E-state index in [1.54, 1.807) is 6.92 Å². The lowest BCUT2D eigenvalue weighted by atomic mass is 10.2. The Kier molecular flexibility index (Phi) is 3.23. The molecule has 1 aromatic heterocycles. The van der Waals surface area contributed by atoms with Gasteiger partial charge in [-0.05, 0) is 25.1 Å². The van der Waals surface area contributed by atoms with E-state index in [1.807, 2.05) is 0 Å². The number of carbonyl (C=O) groups is 2. The van der Waals surface area contributed by atoms with Crippen LogP contribution in [0.3, 0.4) is 0 Å². The van der Waals surface area contributed by atoms with E-state index in [9.17, 15) is 14.0 Å². The Bertz CT molecular complexity index is 653. The Hall–Kier alpha value is -2.77. The number of halogens is 1. The first-order valence-corrected chi connectivity index (χ1v) is 5.20. The maximum atomic E-state index is 13.5. The second-order valence-electron chi connectivity index (χ2n) is 3.70. The Morgan fingerprint density at radius 2 is 2.16 bits per heavy atom. The average molecular weight is 264 g/mol. The number of rotatable bonds is 3. The van der Waals surface area contributed by atoms with E-state index < -0.39 is 17.7 Å². The van der Waals surface area contributed by atoms with E-state index in [4.69, 9.17) is 5.11 Å². The highest BCUT2D eigenvalue weighted by molar-refractivity contribution is 6.02. The summed E-state index contributed by atoms with van der Waals surface area (Å²) in [6.45, 7) is 1.61. The number of aromatic amines is 1. The number of amides is 1. The number of hydrogen-bond donors (Lipinski definition) is 3. The third-order valence-corrected chi connectivity index (χ3v) is 2.26. The van der Waals surface area contributed by atoms with Crippen molar-refractivity contribution < 1.29 is 19.1 Å². The molecule has 0 aliphatic carbocycles. The van der Waals surface area contributed by atoms with Gasteiger partial charge in [-0.3, -0.25) is 9.89 Å². The number of carbonyl (C=O) groups excluding carboxylic acids is 1. The summed E-state index contributed by atoms with van der Waals surface area (Å²) in [5.41, 5.74) is -0.379. The minimum Gasteiger partial charge on any atom is -0.478 e. The van der Waals surface area contributed by atoms with Gasteiger partial charge in [0.05, 0.1) is 11.3 Å². The van der Waals surface area contributed by atoms with Crippen LogP contribution in [0.25, 0.3) is 0 Å². The van der Waals surface area contributed by atoms with Crippen molar-refractivity contribution in [1.29, 1.82) is 0 Å². The van der Waals surface area contributed by atoms with Gasteiger partial charge >= 0.3 is 5.97 Å². The number of carboxylic acids is 1. The molecular weight excluding hydrogens is 255 g/mol. The SMILES string of the molecule is Cc1nc(C(=O)Nc2cc(C(=O)O)ccc2F)n[nH]1. The van der Waals surface area contributed by atoms with Crippen molar-refractivity contribution in [3.63, 3.8) is 0 Å². The monoisotopic (exact) mass is 264 g/mol. The fourth-order valence-electron chi connectivity index (χ4n) is 1.38. The van der Waals surface area contributed by atoms with Crippen molar-refractivity contribution >= 4 is 17.6 Å². The van der Waals surface area contributed by atoms with E-state index in [0.29, 0.717) is 5.82 Å². The van der Waals surface area contributed by atoms with Gasteiger partial charge in [0.15, 0.2) is 0 Å². The molecule has 0 aliphatic heterocycles. The van der Waals surface area contributed by atoms with E-state index in [2.05, 4.69) is 20.5 Å². The van der Waals surface area contributed by atoms with Crippen LogP contribution in [-0.4, -0.2) is 32.2 Å². The molecule has 1 aromatic carbocycles. The lowest BCUT2D eigenvalue weighted by Crippen LogP contribution is -2.15. The smallest absolute Gasteiger partial charge is 0.335 e. The standard InChI is InChI=1S/C11H9FN4O3/c1-5-13-9(16-15-5)10(17)14-8-4-6(11(18)19)2-3-7(8)12/h2-4H,1H3,(H,14,17)(H,18,19)(H,13,15,16). The van der Waals surface area contributed by atoms with Gasteiger partial charge in [0, 0.05) is 0 Å². The summed E-state index contributed by atoms with van der Waals surface area (Å²) in [6.07, 6.45) is 0. The highest BCUT2D eigenvalue weighted by Crippen LogP contribution is 2.16. The van der Waals surface area contributed by atoms with Gasteiger partial charge in [-0.2, -0.15) is 0 Å². The van der Waals surface area contributed by atoms with Gasteiger partial charge in [-0.1, -0.05) is 0 Å². The summed E-state index contributed by atoms with van der Waals surface area (Å²) in [4.78, 5) is 26.2.